The fourth-order valence-corrected chi connectivity index (χ4v) is 4.13. The minimum Gasteiger partial charge on any atom is -0.336 e. The van der Waals surface area contributed by atoms with Gasteiger partial charge in [0.2, 0.25) is 0 Å². The third kappa shape index (κ3) is 2.86. The number of nitrogens with one attached hydrogen (secondary N) is 2. The molecule has 29 heavy (non-hydrogen) atoms. The van der Waals surface area contributed by atoms with E-state index in [1.165, 1.54) is 0 Å². The number of urea groups is 1. The second-order valence-electron chi connectivity index (χ2n) is 7.67. The highest BCUT2D eigenvalue weighted by Crippen LogP contribution is 2.32. The third-order valence-electron chi connectivity index (χ3n) is 5.62. The predicted octanol–water partition coefficient (Wildman–Crippen LogP) is 2.36. The van der Waals surface area contributed by atoms with Gasteiger partial charge in [-0.25, -0.2) is 9.48 Å². The van der Waals surface area contributed by atoms with Gasteiger partial charge >= 0.3 is 6.03 Å². The molecule has 0 aliphatic carbocycles. The van der Waals surface area contributed by atoms with Gasteiger partial charge in [0.05, 0.1) is 22.5 Å². The van der Waals surface area contributed by atoms with Crippen molar-refractivity contribution in [1.29, 1.82) is 0 Å². The van der Waals surface area contributed by atoms with Gasteiger partial charge in [0, 0.05) is 25.2 Å². The van der Waals surface area contributed by atoms with Gasteiger partial charge < -0.3 is 15.5 Å². The first-order valence-corrected chi connectivity index (χ1v) is 9.62. The number of benzene rings is 2. The van der Waals surface area contributed by atoms with Gasteiger partial charge in [-0.15, -0.1) is 0 Å². The standard InChI is InChI=1S/C22H21N5O2/c1-15-18(20(28)26-13-22(14-26)12-23-21(29)24-22)19(16-8-4-2-5-9-16)25-27(15)17-10-6-3-7-11-17/h2-11H,12-14H2,1H3,(H2,23,24,29). The first-order chi connectivity index (χ1) is 14.1. The molecule has 3 amide bonds. The average Bonchev–Trinajstić information content (AvgIpc) is 3.28. The van der Waals surface area contributed by atoms with Gasteiger partial charge in [-0.3, -0.25) is 4.79 Å². The number of para-hydroxylation sites is 1. The molecule has 146 valence electrons. The summed E-state index contributed by atoms with van der Waals surface area (Å²) >= 11 is 0. The number of hydrogen-bond donors (Lipinski definition) is 2. The number of likely N-dealkylation sites (tertiary alicyclic amines) is 1. The number of amides is 3. The second kappa shape index (κ2) is 6.48. The zero-order valence-corrected chi connectivity index (χ0v) is 16.1. The van der Waals surface area contributed by atoms with Crippen LogP contribution in [0.1, 0.15) is 16.1 Å². The Hall–Kier alpha value is -3.61. The van der Waals surface area contributed by atoms with Gasteiger partial charge in [-0.05, 0) is 19.1 Å². The fourth-order valence-electron chi connectivity index (χ4n) is 4.13. The highest BCUT2D eigenvalue weighted by atomic mass is 16.2. The van der Waals surface area contributed by atoms with E-state index in [9.17, 15) is 9.59 Å². The van der Waals surface area contributed by atoms with Crippen LogP contribution < -0.4 is 10.6 Å². The van der Waals surface area contributed by atoms with E-state index in [2.05, 4.69) is 10.6 Å². The molecule has 2 aromatic carbocycles. The summed E-state index contributed by atoms with van der Waals surface area (Å²) in [5, 5.41) is 10.5. The Morgan fingerprint density at radius 3 is 2.31 bits per heavy atom. The number of hydrogen-bond acceptors (Lipinski definition) is 3. The van der Waals surface area contributed by atoms with E-state index < -0.39 is 0 Å². The number of aromatic nitrogens is 2. The maximum atomic E-state index is 13.4. The molecule has 1 spiro atoms. The summed E-state index contributed by atoms with van der Waals surface area (Å²) in [6.45, 7) is 3.46. The lowest BCUT2D eigenvalue weighted by molar-refractivity contribution is 0.0397. The molecule has 2 N–H and O–H groups in total. The van der Waals surface area contributed by atoms with Crippen LogP contribution in [0.15, 0.2) is 60.7 Å². The summed E-state index contributed by atoms with van der Waals surface area (Å²) in [5.41, 5.74) is 3.55. The maximum Gasteiger partial charge on any atom is 0.315 e. The smallest absolute Gasteiger partial charge is 0.315 e. The van der Waals surface area contributed by atoms with Crippen molar-refractivity contribution >= 4 is 11.9 Å². The van der Waals surface area contributed by atoms with Crippen LogP contribution in [-0.2, 0) is 0 Å². The normalized spacial score (nSPS) is 17.0. The summed E-state index contributed by atoms with van der Waals surface area (Å²) in [6, 6.07) is 19.4. The molecule has 1 aromatic heterocycles. The predicted molar refractivity (Wildman–Crippen MR) is 109 cm³/mol. The Morgan fingerprint density at radius 1 is 1.03 bits per heavy atom. The van der Waals surface area contributed by atoms with Crippen LogP contribution in [0.3, 0.4) is 0 Å². The Balaban J connectivity index is 1.54. The molecule has 0 atom stereocenters. The Morgan fingerprint density at radius 2 is 1.69 bits per heavy atom. The molecule has 2 fully saturated rings. The van der Waals surface area contributed by atoms with Crippen molar-refractivity contribution in [2.45, 2.75) is 12.5 Å². The van der Waals surface area contributed by atoms with Crippen molar-refractivity contribution in [2.24, 2.45) is 0 Å². The molecule has 2 saturated heterocycles. The Labute approximate surface area is 168 Å². The van der Waals surface area contributed by atoms with Crippen LogP contribution >= 0.6 is 0 Å². The number of nitrogens with zero attached hydrogens (tertiary/aromatic N) is 3. The van der Waals surface area contributed by atoms with Crippen molar-refractivity contribution in [1.82, 2.24) is 25.3 Å². The van der Waals surface area contributed by atoms with Crippen molar-refractivity contribution in [2.75, 3.05) is 19.6 Å². The summed E-state index contributed by atoms with van der Waals surface area (Å²) in [6.07, 6.45) is 0. The average molecular weight is 387 g/mol. The first-order valence-electron chi connectivity index (χ1n) is 9.62. The highest BCUT2D eigenvalue weighted by Gasteiger charge is 2.50. The van der Waals surface area contributed by atoms with E-state index in [0.29, 0.717) is 30.9 Å². The van der Waals surface area contributed by atoms with E-state index in [-0.39, 0.29) is 17.5 Å². The summed E-state index contributed by atoms with van der Waals surface area (Å²) in [7, 11) is 0. The summed E-state index contributed by atoms with van der Waals surface area (Å²) in [4.78, 5) is 26.7. The zero-order valence-electron chi connectivity index (χ0n) is 16.1. The molecule has 5 rings (SSSR count). The molecule has 3 heterocycles. The largest absolute Gasteiger partial charge is 0.336 e. The second-order valence-corrected chi connectivity index (χ2v) is 7.67. The molecule has 0 radical (unpaired) electrons. The SMILES string of the molecule is Cc1c(C(=O)N2CC3(CNC(=O)N3)C2)c(-c2ccccc2)nn1-c1ccccc1. The lowest BCUT2D eigenvalue weighted by atomic mass is 9.89. The number of carbonyl (C=O) groups excluding carboxylic acids is 2. The monoisotopic (exact) mass is 387 g/mol. The van der Waals surface area contributed by atoms with Gasteiger partial charge in [0.15, 0.2) is 0 Å². The lowest BCUT2D eigenvalue weighted by Crippen LogP contribution is -2.70. The van der Waals surface area contributed by atoms with Crippen LogP contribution in [0.25, 0.3) is 16.9 Å². The van der Waals surface area contributed by atoms with Crippen LogP contribution in [0.2, 0.25) is 0 Å². The van der Waals surface area contributed by atoms with Crippen LogP contribution in [0.4, 0.5) is 4.79 Å². The molecule has 2 aliphatic rings. The molecular formula is C22H21N5O2. The number of rotatable bonds is 3. The quantitative estimate of drug-likeness (QED) is 0.724. The molecule has 7 heteroatoms. The molecular weight excluding hydrogens is 366 g/mol. The van der Waals surface area contributed by atoms with Crippen LogP contribution in [-0.4, -0.2) is 51.8 Å². The van der Waals surface area contributed by atoms with Crippen molar-refractivity contribution in [3.05, 3.63) is 71.9 Å². The van der Waals surface area contributed by atoms with Crippen molar-refractivity contribution in [3.8, 4) is 16.9 Å². The fraction of sp³-hybridized carbons (Fsp3) is 0.227. The van der Waals surface area contributed by atoms with E-state index in [4.69, 9.17) is 5.10 Å². The first kappa shape index (κ1) is 17.5. The number of carbonyl (C=O) groups is 2. The summed E-state index contributed by atoms with van der Waals surface area (Å²) < 4.78 is 1.82. The molecule has 0 bridgehead atoms. The molecule has 0 unspecified atom stereocenters. The van der Waals surface area contributed by atoms with Crippen molar-refractivity contribution < 1.29 is 9.59 Å². The molecule has 2 aliphatic heterocycles. The highest BCUT2D eigenvalue weighted by molar-refractivity contribution is 6.02. The minimum atomic E-state index is -0.344. The molecule has 0 saturated carbocycles. The Kier molecular flexibility index (Phi) is 3.91. The minimum absolute atomic E-state index is 0.0599. The van der Waals surface area contributed by atoms with E-state index in [1.807, 2.05) is 72.3 Å². The summed E-state index contributed by atoms with van der Waals surface area (Å²) in [5.74, 6) is -0.0599. The van der Waals surface area contributed by atoms with Gasteiger partial charge in [0.25, 0.3) is 5.91 Å². The van der Waals surface area contributed by atoms with Crippen LogP contribution in [0.5, 0.6) is 0 Å². The van der Waals surface area contributed by atoms with Gasteiger partial charge in [-0.1, -0.05) is 48.5 Å². The van der Waals surface area contributed by atoms with Gasteiger partial charge in [-0.2, -0.15) is 5.10 Å². The van der Waals surface area contributed by atoms with E-state index in [0.717, 1.165) is 16.9 Å². The van der Waals surface area contributed by atoms with Crippen LogP contribution in [0, 0.1) is 6.92 Å². The lowest BCUT2D eigenvalue weighted by Gasteiger charge is -2.46. The molecule has 3 aromatic rings. The van der Waals surface area contributed by atoms with E-state index in [1.54, 1.807) is 4.90 Å². The zero-order chi connectivity index (χ0) is 20.0. The topological polar surface area (TPSA) is 79.3 Å². The Bertz CT molecular complexity index is 1090. The maximum absolute atomic E-state index is 13.4. The van der Waals surface area contributed by atoms with Gasteiger partial charge in [0.1, 0.15) is 5.69 Å². The van der Waals surface area contributed by atoms with Crippen molar-refractivity contribution in [3.63, 3.8) is 0 Å². The molecule has 7 nitrogen and oxygen atoms in total. The third-order valence-corrected chi connectivity index (χ3v) is 5.62. The van der Waals surface area contributed by atoms with E-state index >= 15 is 0 Å².